The number of aliphatic hydroxyl groups excluding tert-OH is 1. The monoisotopic (exact) mass is 227 g/mol. The van der Waals surface area contributed by atoms with Crippen LogP contribution < -0.4 is 0 Å². The molecular formula is C11H17NO4. The SMILES string of the molecule is O=C(N1C[C@H]2CCO[C@@]2(CO)C1)C1(O)CC1. The predicted molar refractivity (Wildman–Crippen MR) is 54.6 cm³/mol. The molecule has 3 fully saturated rings. The Labute approximate surface area is 94.0 Å². The molecule has 0 unspecified atom stereocenters. The number of hydrogen-bond acceptors (Lipinski definition) is 4. The van der Waals surface area contributed by atoms with E-state index in [1.54, 1.807) is 4.90 Å². The van der Waals surface area contributed by atoms with E-state index in [9.17, 15) is 15.0 Å². The Morgan fingerprint density at radius 3 is 2.81 bits per heavy atom. The van der Waals surface area contributed by atoms with E-state index in [2.05, 4.69) is 0 Å². The second kappa shape index (κ2) is 3.18. The molecule has 1 aliphatic carbocycles. The van der Waals surface area contributed by atoms with Gasteiger partial charge in [0.25, 0.3) is 5.91 Å². The zero-order chi connectivity index (χ0) is 11.4. The van der Waals surface area contributed by atoms with Crippen molar-refractivity contribution in [1.29, 1.82) is 0 Å². The fourth-order valence-electron chi connectivity index (χ4n) is 2.88. The van der Waals surface area contributed by atoms with Crippen LogP contribution in [0.5, 0.6) is 0 Å². The molecule has 0 aromatic carbocycles. The number of ether oxygens (including phenoxy) is 1. The van der Waals surface area contributed by atoms with Gasteiger partial charge in [-0.3, -0.25) is 4.79 Å². The molecular weight excluding hydrogens is 210 g/mol. The van der Waals surface area contributed by atoms with Crippen LogP contribution >= 0.6 is 0 Å². The highest BCUT2D eigenvalue weighted by molar-refractivity contribution is 5.88. The average Bonchev–Trinajstić information content (AvgIpc) is 2.77. The normalized spacial score (nSPS) is 39.9. The first-order valence-electron chi connectivity index (χ1n) is 5.86. The molecule has 2 heterocycles. The lowest BCUT2D eigenvalue weighted by atomic mass is 9.92. The Balaban J connectivity index is 1.75. The average molecular weight is 227 g/mol. The van der Waals surface area contributed by atoms with Crippen LogP contribution in [0.3, 0.4) is 0 Å². The molecule has 0 aromatic heterocycles. The molecule has 90 valence electrons. The summed E-state index contributed by atoms with van der Waals surface area (Å²) in [5.74, 6) is 0.0436. The summed E-state index contributed by atoms with van der Waals surface area (Å²) in [6.07, 6.45) is 2.03. The number of hydrogen-bond donors (Lipinski definition) is 2. The van der Waals surface area contributed by atoms with Crippen LogP contribution in [0.2, 0.25) is 0 Å². The van der Waals surface area contributed by atoms with Crippen LogP contribution in [0.1, 0.15) is 19.3 Å². The van der Waals surface area contributed by atoms with Gasteiger partial charge >= 0.3 is 0 Å². The standard InChI is InChI=1S/C11H17NO4/c13-7-11-6-12(5-8(11)1-4-16-11)9(14)10(15)2-3-10/h8,13,15H,1-7H2/t8-,11-/m1/s1. The third-order valence-electron chi connectivity index (χ3n) is 4.18. The number of carbonyl (C=O) groups is 1. The van der Waals surface area contributed by atoms with Crippen LogP contribution in [0, 0.1) is 5.92 Å². The van der Waals surface area contributed by atoms with Gasteiger partial charge < -0.3 is 19.8 Å². The molecule has 2 N–H and O–H groups in total. The molecule has 2 aliphatic heterocycles. The van der Waals surface area contributed by atoms with Gasteiger partial charge in [0, 0.05) is 19.1 Å². The molecule has 1 saturated carbocycles. The Bertz CT molecular complexity index is 328. The number of fused-ring (bicyclic) bond motifs is 1. The van der Waals surface area contributed by atoms with Crippen molar-refractivity contribution in [2.24, 2.45) is 5.92 Å². The largest absolute Gasteiger partial charge is 0.393 e. The summed E-state index contributed by atoms with van der Waals surface area (Å²) in [6, 6.07) is 0. The van der Waals surface area contributed by atoms with Crippen molar-refractivity contribution in [3.8, 4) is 0 Å². The van der Waals surface area contributed by atoms with E-state index in [-0.39, 0.29) is 18.4 Å². The highest BCUT2D eigenvalue weighted by Gasteiger charge is 2.57. The maximum Gasteiger partial charge on any atom is 0.254 e. The van der Waals surface area contributed by atoms with Crippen molar-refractivity contribution in [3.05, 3.63) is 0 Å². The van der Waals surface area contributed by atoms with Gasteiger partial charge in [-0.05, 0) is 19.3 Å². The van der Waals surface area contributed by atoms with E-state index in [4.69, 9.17) is 4.74 Å². The van der Waals surface area contributed by atoms with Crippen LogP contribution in [-0.2, 0) is 9.53 Å². The molecule has 5 nitrogen and oxygen atoms in total. The smallest absolute Gasteiger partial charge is 0.254 e. The molecule has 5 heteroatoms. The third-order valence-corrected chi connectivity index (χ3v) is 4.18. The number of nitrogens with zero attached hydrogens (tertiary/aromatic N) is 1. The van der Waals surface area contributed by atoms with E-state index in [1.807, 2.05) is 0 Å². The summed E-state index contributed by atoms with van der Waals surface area (Å²) in [7, 11) is 0. The lowest BCUT2D eigenvalue weighted by molar-refractivity contribution is -0.143. The molecule has 0 bridgehead atoms. The highest BCUT2D eigenvalue weighted by Crippen LogP contribution is 2.43. The summed E-state index contributed by atoms with van der Waals surface area (Å²) in [6.45, 7) is 1.66. The van der Waals surface area contributed by atoms with Crippen molar-refractivity contribution in [2.75, 3.05) is 26.3 Å². The minimum atomic E-state index is -1.10. The van der Waals surface area contributed by atoms with Gasteiger partial charge in [-0.15, -0.1) is 0 Å². The summed E-state index contributed by atoms with van der Waals surface area (Å²) in [4.78, 5) is 13.6. The Kier molecular flexibility index (Phi) is 2.09. The second-order valence-electron chi connectivity index (χ2n) is 5.27. The number of amides is 1. The Hall–Kier alpha value is -0.650. The third kappa shape index (κ3) is 1.31. The minimum absolute atomic E-state index is 0.0418. The molecule has 0 spiro atoms. The molecule has 0 aromatic rings. The van der Waals surface area contributed by atoms with Crippen LogP contribution in [0.25, 0.3) is 0 Å². The quantitative estimate of drug-likeness (QED) is 0.643. The zero-order valence-electron chi connectivity index (χ0n) is 9.19. The summed E-state index contributed by atoms with van der Waals surface area (Å²) >= 11 is 0. The molecule has 0 radical (unpaired) electrons. The van der Waals surface area contributed by atoms with Crippen molar-refractivity contribution in [1.82, 2.24) is 4.90 Å². The van der Waals surface area contributed by atoms with E-state index < -0.39 is 11.2 Å². The van der Waals surface area contributed by atoms with E-state index in [0.29, 0.717) is 32.5 Å². The number of aliphatic hydroxyl groups is 2. The van der Waals surface area contributed by atoms with Gasteiger partial charge in [0.2, 0.25) is 0 Å². The highest BCUT2D eigenvalue weighted by atomic mass is 16.5. The van der Waals surface area contributed by atoms with Crippen LogP contribution in [0.15, 0.2) is 0 Å². The van der Waals surface area contributed by atoms with Gasteiger partial charge in [0.05, 0.1) is 13.2 Å². The van der Waals surface area contributed by atoms with Gasteiger partial charge in [-0.2, -0.15) is 0 Å². The van der Waals surface area contributed by atoms with Crippen molar-refractivity contribution in [3.63, 3.8) is 0 Å². The van der Waals surface area contributed by atoms with E-state index in [1.165, 1.54) is 0 Å². The van der Waals surface area contributed by atoms with Gasteiger partial charge in [-0.1, -0.05) is 0 Å². The van der Waals surface area contributed by atoms with E-state index >= 15 is 0 Å². The van der Waals surface area contributed by atoms with Crippen molar-refractivity contribution in [2.45, 2.75) is 30.5 Å². The summed E-state index contributed by atoms with van der Waals surface area (Å²) in [5, 5.41) is 19.2. The Morgan fingerprint density at radius 2 is 2.25 bits per heavy atom. The molecule has 2 atom stereocenters. The van der Waals surface area contributed by atoms with Crippen LogP contribution in [-0.4, -0.2) is 58.5 Å². The van der Waals surface area contributed by atoms with Crippen molar-refractivity contribution < 1.29 is 19.7 Å². The predicted octanol–water partition coefficient (Wildman–Crippen LogP) is -0.879. The number of carbonyl (C=O) groups excluding carboxylic acids is 1. The molecule has 3 rings (SSSR count). The lowest BCUT2D eigenvalue weighted by Gasteiger charge is -2.26. The summed E-state index contributed by atoms with van der Waals surface area (Å²) < 4.78 is 5.60. The topological polar surface area (TPSA) is 70.0 Å². The first kappa shape index (κ1) is 10.5. The maximum atomic E-state index is 12.0. The number of likely N-dealkylation sites (tertiary alicyclic amines) is 1. The van der Waals surface area contributed by atoms with Gasteiger partial charge in [0.1, 0.15) is 11.2 Å². The van der Waals surface area contributed by atoms with Gasteiger partial charge in [0.15, 0.2) is 0 Å². The zero-order valence-corrected chi connectivity index (χ0v) is 9.19. The van der Waals surface area contributed by atoms with Crippen molar-refractivity contribution >= 4 is 5.91 Å². The minimum Gasteiger partial charge on any atom is -0.393 e. The van der Waals surface area contributed by atoms with Crippen LogP contribution in [0.4, 0.5) is 0 Å². The first-order chi connectivity index (χ1) is 7.60. The van der Waals surface area contributed by atoms with E-state index in [0.717, 1.165) is 6.42 Å². The fraction of sp³-hybridized carbons (Fsp3) is 0.909. The fourth-order valence-corrected chi connectivity index (χ4v) is 2.88. The summed E-state index contributed by atoms with van der Waals surface area (Å²) in [5.41, 5.74) is -1.66. The molecule has 2 saturated heterocycles. The Morgan fingerprint density at radius 1 is 1.50 bits per heavy atom. The van der Waals surface area contributed by atoms with Gasteiger partial charge in [-0.25, -0.2) is 0 Å². The molecule has 3 aliphatic rings. The second-order valence-corrected chi connectivity index (χ2v) is 5.27. The maximum absolute atomic E-state index is 12.0. The molecule has 16 heavy (non-hydrogen) atoms. The first-order valence-corrected chi connectivity index (χ1v) is 5.86. The molecule has 1 amide bonds. The lowest BCUT2D eigenvalue weighted by Crippen LogP contribution is -2.44. The number of rotatable bonds is 2.